The minimum Gasteiger partial charge on any atom is -0.469 e. The molecule has 9 nitrogen and oxygen atoms in total. The number of rotatable bonds is 4. The van der Waals surface area contributed by atoms with Gasteiger partial charge < -0.3 is 14.6 Å². The number of furan rings is 1. The van der Waals surface area contributed by atoms with Crippen LogP contribution in [-0.4, -0.2) is 55.0 Å². The minimum atomic E-state index is -0.155. The molecule has 2 fully saturated rings. The van der Waals surface area contributed by atoms with E-state index in [0.717, 1.165) is 24.9 Å². The highest BCUT2D eigenvalue weighted by Gasteiger charge is 2.49. The molecular formula is C20H20N6O3. The van der Waals surface area contributed by atoms with E-state index >= 15 is 0 Å². The highest BCUT2D eigenvalue weighted by Crippen LogP contribution is 2.39. The van der Waals surface area contributed by atoms with E-state index in [1.807, 2.05) is 17.0 Å². The average Bonchev–Trinajstić information content (AvgIpc) is 3.52. The van der Waals surface area contributed by atoms with Gasteiger partial charge in [0.25, 0.3) is 11.8 Å². The summed E-state index contributed by atoms with van der Waals surface area (Å²) < 4.78 is 6.76. The summed E-state index contributed by atoms with van der Waals surface area (Å²) in [4.78, 5) is 27.6. The molecule has 9 heteroatoms. The molecule has 0 unspecified atom stereocenters. The maximum Gasteiger partial charge on any atom is 0.254 e. The molecule has 2 aliphatic rings. The molecule has 1 N–H and O–H groups in total. The van der Waals surface area contributed by atoms with Crippen LogP contribution in [0.3, 0.4) is 0 Å². The van der Waals surface area contributed by atoms with Gasteiger partial charge in [0.2, 0.25) is 0 Å². The maximum atomic E-state index is 13.2. The van der Waals surface area contributed by atoms with E-state index in [1.165, 1.54) is 17.3 Å². The SMILES string of the molecule is Cc1cc(C(=O)N[C@@H]2C[C@@H]3CC[C@H]2N3C(=O)c2ccc(-n3cnnn3)cc2)co1. The summed E-state index contributed by atoms with van der Waals surface area (Å²) in [6.45, 7) is 1.80. The number of aromatic nitrogens is 4. The van der Waals surface area contributed by atoms with Gasteiger partial charge in [0, 0.05) is 11.6 Å². The van der Waals surface area contributed by atoms with Crippen LogP contribution in [0.1, 0.15) is 45.7 Å². The molecule has 0 radical (unpaired) electrons. The van der Waals surface area contributed by atoms with E-state index in [0.29, 0.717) is 16.9 Å². The maximum absolute atomic E-state index is 13.2. The lowest BCUT2D eigenvalue weighted by Gasteiger charge is -2.25. The molecule has 1 aromatic carbocycles. The van der Waals surface area contributed by atoms with Crippen molar-refractivity contribution in [1.29, 1.82) is 0 Å². The Morgan fingerprint density at radius 2 is 2.00 bits per heavy atom. The lowest BCUT2D eigenvalue weighted by molar-refractivity contribution is 0.0716. The van der Waals surface area contributed by atoms with Crippen molar-refractivity contribution in [1.82, 2.24) is 30.4 Å². The van der Waals surface area contributed by atoms with Gasteiger partial charge in [0.15, 0.2) is 0 Å². The lowest BCUT2D eigenvalue weighted by Crippen LogP contribution is -2.45. The quantitative estimate of drug-likeness (QED) is 0.725. The normalized spacial score (nSPS) is 22.8. The first kappa shape index (κ1) is 17.6. The van der Waals surface area contributed by atoms with Crippen molar-refractivity contribution in [3.05, 3.63) is 59.8 Å². The number of benzene rings is 1. The predicted octanol–water partition coefficient (Wildman–Crippen LogP) is 1.74. The summed E-state index contributed by atoms with van der Waals surface area (Å²) in [7, 11) is 0. The molecule has 2 aromatic heterocycles. The van der Waals surface area contributed by atoms with E-state index in [1.54, 1.807) is 25.1 Å². The summed E-state index contributed by atoms with van der Waals surface area (Å²) in [5.41, 5.74) is 1.92. The van der Waals surface area contributed by atoms with Crippen molar-refractivity contribution >= 4 is 11.8 Å². The summed E-state index contributed by atoms with van der Waals surface area (Å²) >= 11 is 0. The zero-order chi connectivity index (χ0) is 20.0. The van der Waals surface area contributed by atoms with Crippen LogP contribution < -0.4 is 5.32 Å². The predicted molar refractivity (Wildman–Crippen MR) is 101 cm³/mol. The Hall–Kier alpha value is -3.49. The Balaban J connectivity index is 1.30. The molecule has 2 bridgehead atoms. The van der Waals surface area contributed by atoms with Crippen LogP contribution in [0.5, 0.6) is 0 Å². The molecule has 148 valence electrons. The third kappa shape index (κ3) is 3.08. The van der Waals surface area contributed by atoms with Gasteiger partial charge in [-0.1, -0.05) is 0 Å². The zero-order valence-corrected chi connectivity index (χ0v) is 15.9. The number of hydrogen-bond acceptors (Lipinski definition) is 6. The molecule has 3 atom stereocenters. The summed E-state index contributed by atoms with van der Waals surface area (Å²) in [5.74, 6) is 0.541. The zero-order valence-electron chi connectivity index (χ0n) is 15.9. The number of nitrogens with one attached hydrogen (secondary N) is 1. The summed E-state index contributed by atoms with van der Waals surface area (Å²) in [6, 6.07) is 9.08. The fourth-order valence-corrected chi connectivity index (χ4v) is 4.46. The average molecular weight is 392 g/mol. The molecule has 0 saturated carbocycles. The number of fused-ring (bicyclic) bond motifs is 2. The molecule has 29 heavy (non-hydrogen) atoms. The number of carbonyl (C=O) groups is 2. The monoisotopic (exact) mass is 392 g/mol. The van der Waals surface area contributed by atoms with Crippen molar-refractivity contribution in [2.45, 2.75) is 44.3 Å². The van der Waals surface area contributed by atoms with Gasteiger partial charge in [0.05, 0.1) is 23.3 Å². The van der Waals surface area contributed by atoms with Crippen molar-refractivity contribution < 1.29 is 14.0 Å². The molecule has 2 saturated heterocycles. The smallest absolute Gasteiger partial charge is 0.254 e. The second kappa shape index (κ2) is 6.84. The Morgan fingerprint density at radius 3 is 2.69 bits per heavy atom. The second-order valence-corrected chi connectivity index (χ2v) is 7.57. The molecular weight excluding hydrogens is 372 g/mol. The van der Waals surface area contributed by atoms with E-state index < -0.39 is 0 Å². The number of hydrogen-bond donors (Lipinski definition) is 1. The number of tetrazole rings is 1. The van der Waals surface area contributed by atoms with Crippen LogP contribution in [0.15, 0.2) is 47.3 Å². The number of amides is 2. The lowest BCUT2D eigenvalue weighted by atomic mass is 9.95. The van der Waals surface area contributed by atoms with Gasteiger partial charge in [-0.3, -0.25) is 9.59 Å². The molecule has 0 spiro atoms. The molecule has 3 aromatic rings. The first-order valence-electron chi connectivity index (χ1n) is 9.62. The molecule has 2 amide bonds. The third-order valence-electron chi connectivity index (χ3n) is 5.81. The van der Waals surface area contributed by atoms with Crippen molar-refractivity contribution in [2.24, 2.45) is 0 Å². The van der Waals surface area contributed by atoms with Gasteiger partial charge in [-0.25, -0.2) is 4.68 Å². The standard InChI is InChI=1S/C20H20N6O3/c1-12-8-14(10-29-12)19(27)22-17-9-16-6-7-18(17)26(16)20(28)13-2-4-15(5-3-13)25-11-21-23-24-25/h2-5,8,10-11,16-18H,6-7,9H2,1H3,(H,22,27)/t16-,17+,18+/m0/s1. The fourth-order valence-electron chi connectivity index (χ4n) is 4.46. The van der Waals surface area contributed by atoms with E-state index in [4.69, 9.17) is 4.42 Å². The Labute approximate surface area is 166 Å². The molecule has 0 aliphatic carbocycles. The van der Waals surface area contributed by atoms with E-state index in [2.05, 4.69) is 20.8 Å². The van der Waals surface area contributed by atoms with Gasteiger partial charge in [0.1, 0.15) is 18.4 Å². The second-order valence-electron chi connectivity index (χ2n) is 7.57. The van der Waals surface area contributed by atoms with E-state index in [-0.39, 0.29) is 29.9 Å². The first-order valence-corrected chi connectivity index (χ1v) is 9.62. The molecule has 5 rings (SSSR count). The molecule has 2 aliphatic heterocycles. The number of aryl methyl sites for hydroxylation is 1. The van der Waals surface area contributed by atoms with Crippen LogP contribution in [0.2, 0.25) is 0 Å². The topological polar surface area (TPSA) is 106 Å². The van der Waals surface area contributed by atoms with Crippen LogP contribution in [-0.2, 0) is 0 Å². The van der Waals surface area contributed by atoms with Gasteiger partial charge in [-0.05, 0) is 66.9 Å². The fraction of sp³-hybridized carbons (Fsp3) is 0.350. The van der Waals surface area contributed by atoms with E-state index in [9.17, 15) is 9.59 Å². The highest BCUT2D eigenvalue weighted by molar-refractivity contribution is 5.96. The van der Waals surface area contributed by atoms with Crippen LogP contribution in [0.4, 0.5) is 0 Å². The summed E-state index contributed by atoms with van der Waals surface area (Å²) in [5, 5.41) is 14.2. The Bertz CT molecular complexity index is 1040. The first-order chi connectivity index (χ1) is 14.1. The highest BCUT2D eigenvalue weighted by atomic mass is 16.3. The van der Waals surface area contributed by atoms with Crippen molar-refractivity contribution in [3.63, 3.8) is 0 Å². The van der Waals surface area contributed by atoms with Crippen molar-refractivity contribution in [3.8, 4) is 5.69 Å². The van der Waals surface area contributed by atoms with Gasteiger partial charge >= 0.3 is 0 Å². The van der Waals surface area contributed by atoms with Gasteiger partial charge in [-0.2, -0.15) is 0 Å². The number of carbonyl (C=O) groups excluding carboxylic acids is 2. The van der Waals surface area contributed by atoms with Crippen molar-refractivity contribution in [2.75, 3.05) is 0 Å². The number of nitrogens with zero attached hydrogens (tertiary/aromatic N) is 5. The summed E-state index contributed by atoms with van der Waals surface area (Å²) in [6.07, 6.45) is 5.62. The van der Waals surface area contributed by atoms with Crippen LogP contribution in [0, 0.1) is 6.92 Å². The largest absolute Gasteiger partial charge is 0.469 e. The van der Waals surface area contributed by atoms with Crippen LogP contribution in [0.25, 0.3) is 5.69 Å². The molecule has 4 heterocycles. The van der Waals surface area contributed by atoms with Gasteiger partial charge in [-0.15, -0.1) is 5.10 Å². The minimum absolute atomic E-state index is 0.00308. The third-order valence-corrected chi connectivity index (χ3v) is 5.81. The Morgan fingerprint density at radius 1 is 1.17 bits per heavy atom. The van der Waals surface area contributed by atoms with Crippen LogP contribution >= 0.6 is 0 Å². The Kier molecular flexibility index (Phi) is 4.15.